The Labute approximate surface area is 167 Å². The van der Waals surface area contributed by atoms with Gasteiger partial charge in [-0.15, -0.1) is 15.3 Å². The normalized spacial score (nSPS) is 17.0. The zero-order chi connectivity index (χ0) is 19.7. The first-order chi connectivity index (χ1) is 13.5. The molecule has 1 unspecified atom stereocenters. The largest absolute Gasteiger partial charge is 0.495 e. The van der Waals surface area contributed by atoms with Gasteiger partial charge in [-0.1, -0.05) is 11.6 Å². The van der Waals surface area contributed by atoms with Crippen LogP contribution in [0.2, 0.25) is 5.02 Å². The zero-order valence-electron chi connectivity index (χ0n) is 15.7. The summed E-state index contributed by atoms with van der Waals surface area (Å²) in [6.07, 6.45) is 1.75. The summed E-state index contributed by atoms with van der Waals surface area (Å²) in [6.45, 7) is 3.33. The molecule has 1 fully saturated rings. The standard InChI is InChI=1S/C19H21ClN6O2/c1-12-22-23-17-7-8-18(24-26(12)17)25-9-3-4-13(11-25)19(27)21-14-5-6-16(28-2)15(20)10-14/h5-8,10,13H,3-4,9,11H2,1-2H3,(H,21,27). The van der Waals surface area contributed by atoms with Gasteiger partial charge in [-0.25, -0.2) is 0 Å². The number of halogens is 1. The molecule has 1 saturated heterocycles. The van der Waals surface area contributed by atoms with E-state index in [4.69, 9.17) is 16.3 Å². The van der Waals surface area contributed by atoms with Gasteiger partial charge in [0, 0.05) is 18.8 Å². The van der Waals surface area contributed by atoms with Crippen molar-refractivity contribution in [2.45, 2.75) is 19.8 Å². The van der Waals surface area contributed by atoms with Gasteiger partial charge < -0.3 is 15.0 Å². The SMILES string of the molecule is COc1ccc(NC(=O)C2CCCN(c3ccc4nnc(C)n4n3)C2)cc1Cl. The van der Waals surface area contributed by atoms with Crippen LogP contribution >= 0.6 is 11.6 Å². The molecule has 28 heavy (non-hydrogen) atoms. The highest BCUT2D eigenvalue weighted by molar-refractivity contribution is 6.32. The highest BCUT2D eigenvalue weighted by Gasteiger charge is 2.27. The molecule has 0 saturated carbocycles. The van der Waals surface area contributed by atoms with Crippen molar-refractivity contribution in [3.05, 3.63) is 41.2 Å². The second-order valence-corrected chi connectivity index (χ2v) is 7.24. The minimum Gasteiger partial charge on any atom is -0.495 e. The number of amides is 1. The average Bonchev–Trinajstić information content (AvgIpc) is 3.08. The molecule has 4 rings (SSSR count). The number of rotatable bonds is 4. The van der Waals surface area contributed by atoms with E-state index in [0.717, 1.165) is 31.0 Å². The maximum Gasteiger partial charge on any atom is 0.229 e. The quantitative estimate of drug-likeness (QED) is 0.724. The second kappa shape index (κ2) is 7.63. The number of carbonyl (C=O) groups is 1. The maximum atomic E-state index is 12.8. The Morgan fingerprint density at radius 1 is 1.29 bits per heavy atom. The monoisotopic (exact) mass is 400 g/mol. The van der Waals surface area contributed by atoms with Crippen LogP contribution in [0, 0.1) is 12.8 Å². The summed E-state index contributed by atoms with van der Waals surface area (Å²) in [4.78, 5) is 14.9. The van der Waals surface area contributed by atoms with Gasteiger partial charge in [0.15, 0.2) is 11.5 Å². The molecule has 0 aliphatic carbocycles. The lowest BCUT2D eigenvalue weighted by Crippen LogP contribution is -2.41. The van der Waals surface area contributed by atoms with Crippen molar-refractivity contribution in [3.63, 3.8) is 0 Å². The third kappa shape index (κ3) is 3.60. The molecule has 1 aromatic carbocycles. The molecule has 1 aliphatic rings. The topological polar surface area (TPSA) is 84.6 Å². The van der Waals surface area contributed by atoms with Gasteiger partial charge in [0.1, 0.15) is 11.6 Å². The molecule has 0 radical (unpaired) electrons. The van der Waals surface area contributed by atoms with Crippen molar-refractivity contribution in [1.82, 2.24) is 19.8 Å². The summed E-state index contributed by atoms with van der Waals surface area (Å²) in [5, 5.41) is 16.1. The van der Waals surface area contributed by atoms with Crippen LogP contribution in [0.25, 0.3) is 5.65 Å². The zero-order valence-corrected chi connectivity index (χ0v) is 16.5. The highest BCUT2D eigenvalue weighted by atomic mass is 35.5. The van der Waals surface area contributed by atoms with Crippen LogP contribution in [-0.4, -0.2) is 45.9 Å². The van der Waals surface area contributed by atoms with E-state index in [-0.39, 0.29) is 11.8 Å². The van der Waals surface area contributed by atoms with E-state index in [2.05, 4.69) is 25.5 Å². The van der Waals surface area contributed by atoms with Crippen LogP contribution in [-0.2, 0) is 4.79 Å². The number of nitrogens with one attached hydrogen (secondary N) is 1. The van der Waals surface area contributed by atoms with Crippen LogP contribution in [0.15, 0.2) is 30.3 Å². The van der Waals surface area contributed by atoms with Gasteiger partial charge in [0.25, 0.3) is 0 Å². The molecule has 3 heterocycles. The molecule has 3 aromatic rings. The second-order valence-electron chi connectivity index (χ2n) is 6.83. The van der Waals surface area contributed by atoms with Crippen LogP contribution in [0.4, 0.5) is 11.5 Å². The molecular formula is C19H21ClN6O2. The summed E-state index contributed by atoms with van der Waals surface area (Å²) in [6, 6.07) is 9.04. The predicted molar refractivity (Wildman–Crippen MR) is 107 cm³/mol. The fraction of sp³-hybridized carbons (Fsp3) is 0.368. The number of methoxy groups -OCH3 is 1. The molecule has 2 aromatic heterocycles. The van der Waals surface area contributed by atoms with E-state index in [1.807, 2.05) is 19.1 Å². The number of nitrogens with zero attached hydrogens (tertiary/aromatic N) is 5. The molecule has 1 aliphatic heterocycles. The van der Waals surface area contributed by atoms with E-state index >= 15 is 0 Å². The summed E-state index contributed by atoms with van der Waals surface area (Å²) in [5.74, 6) is 1.98. The lowest BCUT2D eigenvalue weighted by Gasteiger charge is -2.32. The Kier molecular flexibility index (Phi) is 5.04. The molecule has 0 spiro atoms. The van der Waals surface area contributed by atoms with Gasteiger partial charge in [0.2, 0.25) is 5.91 Å². The number of aryl methyl sites for hydroxylation is 1. The van der Waals surface area contributed by atoms with Crippen molar-refractivity contribution < 1.29 is 9.53 Å². The fourth-order valence-electron chi connectivity index (χ4n) is 3.44. The van der Waals surface area contributed by atoms with Crippen molar-refractivity contribution in [1.29, 1.82) is 0 Å². The Morgan fingerprint density at radius 2 is 2.14 bits per heavy atom. The lowest BCUT2D eigenvalue weighted by atomic mass is 9.97. The number of hydrogen-bond donors (Lipinski definition) is 1. The third-order valence-electron chi connectivity index (χ3n) is 4.94. The van der Waals surface area contributed by atoms with Gasteiger partial charge in [0.05, 0.1) is 18.1 Å². The maximum absolute atomic E-state index is 12.8. The van der Waals surface area contributed by atoms with E-state index in [9.17, 15) is 4.79 Å². The van der Waals surface area contributed by atoms with Crippen molar-refractivity contribution >= 4 is 34.7 Å². The summed E-state index contributed by atoms with van der Waals surface area (Å²) >= 11 is 6.15. The van der Waals surface area contributed by atoms with Gasteiger partial charge >= 0.3 is 0 Å². The van der Waals surface area contributed by atoms with E-state index in [1.165, 1.54) is 0 Å². The molecule has 8 nitrogen and oxygen atoms in total. The predicted octanol–water partition coefficient (Wildman–Crippen LogP) is 2.95. The van der Waals surface area contributed by atoms with E-state index < -0.39 is 0 Å². The fourth-order valence-corrected chi connectivity index (χ4v) is 3.70. The number of anilines is 2. The van der Waals surface area contributed by atoms with E-state index in [0.29, 0.717) is 28.7 Å². The van der Waals surface area contributed by atoms with Gasteiger partial charge in [-0.05, 0) is 50.1 Å². The summed E-state index contributed by atoms with van der Waals surface area (Å²) in [5.41, 5.74) is 1.37. The molecule has 9 heteroatoms. The number of fused-ring (bicyclic) bond motifs is 1. The smallest absolute Gasteiger partial charge is 0.229 e. The first-order valence-corrected chi connectivity index (χ1v) is 9.51. The first-order valence-electron chi connectivity index (χ1n) is 9.13. The van der Waals surface area contributed by atoms with E-state index in [1.54, 1.807) is 29.8 Å². The number of ether oxygens (including phenoxy) is 1. The number of piperidine rings is 1. The van der Waals surface area contributed by atoms with Crippen molar-refractivity contribution in [2.24, 2.45) is 5.92 Å². The van der Waals surface area contributed by atoms with Gasteiger partial charge in [-0.3, -0.25) is 4.79 Å². The lowest BCUT2D eigenvalue weighted by molar-refractivity contribution is -0.120. The summed E-state index contributed by atoms with van der Waals surface area (Å²) < 4.78 is 6.87. The Morgan fingerprint density at radius 3 is 2.93 bits per heavy atom. The molecule has 0 bridgehead atoms. The molecule has 146 valence electrons. The molecular weight excluding hydrogens is 380 g/mol. The number of aromatic nitrogens is 4. The van der Waals surface area contributed by atoms with Crippen molar-refractivity contribution in [3.8, 4) is 5.75 Å². The first kappa shape index (κ1) is 18.5. The average molecular weight is 401 g/mol. The van der Waals surface area contributed by atoms with Crippen LogP contribution < -0.4 is 15.0 Å². The third-order valence-corrected chi connectivity index (χ3v) is 5.24. The van der Waals surface area contributed by atoms with Crippen LogP contribution in [0.1, 0.15) is 18.7 Å². The minimum absolute atomic E-state index is 0.0208. The van der Waals surface area contributed by atoms with Crippen LogP contribution in [0.3, 0.4) is 0 Å². The number of carbonyl (C=O) groups excluding carboxylic acids is 1. The Bertz CT molecular complexity index is 1020. The number of hydrogen-bond acceptors (Lipinski definition) is 6. The minimum atomic E-state index is -0.130. The van der Waals surface area contributed by atoms with Crippen molar-refractivity contribution in [2.75, 3.05) is 30.4 Å². The molecule has 1 N–H and O–H groups in total. The highest BCUT2D eigenvalue weighted by Crippen LogP contribution is 2.28. The molecule has 1 atom stereocenters. The Hall–Kier alpha value is -2.87. The molecule has 1 amide bonds. The van der Waals surface area contributed by atoms with Crippen LogP contribution in [0.5, 0.6) is 5.75 Å². The number of benzene rings is 1. The Balaban J connectivity index is 1.47. The van der Waals surface area contributed by atoms with Gasteiger partial charge in [-0.2, -0.15) is 4.52 Å². The summed E-state index contributed by atoms with van der Waals surface area (Å²) in [7, 11) is 1.56.